The zero-order valence-corrected chi connectivity index (χ0v) is 20.4. The summed E-state index contributed by atoms with van der Waals surface area (Å²) in [6.07, 6.45) is 3.40. The van der Waals surface area contributed by atoms with Gasteiger partial charge in [-0.25, -0.2) is 0 Å². The number of methoxy groups -OCH3 is 1. The summed E-state index contributed by atoms with van der Waals surface area (Å²) in [7, 11) is 1.68. The summed E-state index contributed by atoms with van der Waals surface area (Å²) in [5, 5.41) is 0. The molecule has 0 unspecified atom stereocenters. The molecular weight excluding hydrogens is 428 g/mol. The molecule has 2 rings (SSSR count). The maximum atomic E-state index is 5.96. The summed E-state index contributed by atoms with van der Waals surface area (Å²) in [6.45, 7) is 12.8. The van der Waals surface area contributed by atoms with E-state index in [0.29, 0.717) is 0 Å². The number of hydrogen-bond donors (Lipinski definition) is 0. The monoisotopic (exact) mass is 462 g/mol. The Balaban J connectivity index is 2.06. The van der Waals surface area contributed by atoms with E-state index in [1.165, 1.54) is 11.1 Å². The first-order valence-electron chi connectivity index (χ1n) is 10.4. The standard InChI is InChI=1S/C25H35BrO3/c1-17(2)28-21-10-8-19(9-11-21)12-13-25(5,6)16-20-14-24(29-18(3)4)23(27-7)15-22(20)26/h8-11,14-15,17-18H,12-13,16H2,1-7H3. The highest BCUT2D eigenvalue weighted by Gasteiger charge is 2.22. The molecule has 0 spiro atoms. The van der Waals surface area contributed by atoms with Crippen molar-refractivity contribution in [2.24, 2.45) is 5.41 Å². The summed E-state index contributed by atoms with van der Waals surface area (Å²) in [5.41, 5.74) is 2.73. The highest BCUT2D eigenvalue weighted by molar-refractivity contribution is 9.10. The van der Waals surface area contributed by atoms with Crippen molar-refractivity contribution in [3.8, 4) is 17.2 Å². The van der Waals surface area contributed by atoms with Crippen LogP contribution in [0.1, 0.15) is 59.1 Å². The minimum atomic E-state index is 0.105. The lowest BCUT2D eigenvalue weighted by Gasteiger charge is -2.26. The van der Waals surface area contributed by atoms with Gasteiger partial charge in [0.2, 0.25) is 0 Å². The van der Waals surface area contributed by atoms with Gasteiger partial charge in [-0.1, -0.05) is 41.9 Å². The van der Waals surface area contributed by atoms with E-state index in [-0.39, 0.29) is 17.6 Å². The van der Waals surface area contributed by atoms with E-state index in [2.05, 4.69) is 60.1 Å². The van der Waals surface area contributed by atoms with Gasteiger partial charge in [0.05, 0.1) is 19.3 Å². The molecule has 0 aliphatic carbocycles. The average Bonchev–Trinajstić information content (AvgIpc) is 2.62. The van der Waals surface area contributed by atoms with Crippen LogP contribution in [0.15, 0.2) is 40.9 Å². The second-order valence-corrected chi connectivity index (χ2v) is 9.77. The number of halogens is 1. The normalized spacial score (nSPS) is 11.8. The first kappa shape index (κ1) is 23.6. The zero-order valence-electron chi connectivity index (χ0n) is 18.8. The van der Waals surface area contributed by atoms with Gasteiger partial charge in [-0.2, -0.15) is 0 Å². The lowest BCUT2D eigenvalue weighted by molar-refractivity contribution is 0.229. The maximum Gasteiger partial charge on any atom is 0.161 e. The van der Waals surface area contributed by atoms with Crippen LogP contribution in [-0.2, 0) is 12.8 Å². The van der Waals surface area contributed by atoms with Gasteiger partial charge in [-0.05, 0) is 87.8 Å². The van der Waals surface area contributed by atoms with Gasteiger partial charge in [0.15, 0.2) is 11.5 Å². The average molecular weight is 463 g/mol. The van der Waals surface area contributed by atoms with Crippen LogP contribution in [0.5, 0.6) is 17.2 Å². The molecule has 0 saturated carbocycles. The predicted octanol–water partition coefficient (Wildman–Crippen LogP) is 7.23. The van der Waals surface area contributed by atoms with E-state index >= 15 is 0 Å². The Kier molecular flexibility index (Phi) is 8.45. The molecule has 2 aromatic rings. The van der Waals surface area contributed by atoms with E-state index in [1.807, 2.05) is 33.8 Å². The minimum absolute atomic E-state index is 0.105. The number of ether oxygens (including phenoxy) is 3. The predicted molar refractivity (Wildman–Crippen MR) is 124 cm³/mol. The van der Waals surface area contributed by atoms with Crippen LogP contribution in [0, 0.1) is 5.41 Å². The van der Waals surface area contributed by atoms with Crippen LogP contribution in [0.25, 0.3) is 0 Å². The van der Waals surface area contributed by atoms with Crippen molar-refractivity contribution in [1.82, 2.24) is 0 Å². The summed E-state index contributed by atoms with van der Waals surface area (Å²) >= 11 is 3.72. The second-order valence-electron chi connectivity index (χ2n) is 8.91. The molecule has 0 fully saturated rings. The van der Waals surface area contributed by atoms with E-state index in [0.717, 1.165) is 41.0 Å². The lowest BCUT2D eigenvalue weighted by Crippen LogP contribution is -2.17. The smallest absolute Gasteiger partial charge is 0.161 e. The number of hydrogen-bond acceptors (Lipinski definition) is 3. The summed E-state index contributed by atoms with van der Waals surface area (Å²) in [5.74, 6) is 2.50. The third-order valence-corrected chi connectivity index (χ3v) is 5.49. The third kappa shape index (κ3) is 7.58. The van der Waals surface area contributed by atoms with Crippen molar-refractivity contribution in [2.75, 3.05) is 7.11 Å². The Morgan fingerprint density at radius 3 is 2.07 bits per heavy atom. The molecule has 2 aromatic carbocycles. The van der Waals surface area contributed by atoms with Gasteiger partial charge >= 0.3 is 0 Å². The molecule has 3 nitrogen and oxygen atoms in total. The van der Waals surface area contributed by atoms with Gasteiger partial charge < -0.3 is 14.2 Å². The van der Waals surface area contributed by atoms with E-state index < -0.39 is 0 Å². The van der Waals surface area contributed by atoms with Crippen molar-refractivity contribution in [3.63, 3.8) is 0 Å². The Labute approximate surface area is 184 Å². The largest absolute Gasteiger partial charge is 0.493 e. The summed E-state index contributed by atoms with van der Waals surface area (Å²) in [4.78, 5) is 0. The van der Waals surface area contributed by atoms with Crippen molar-refractivity contribution >= 4 is 15.9 Å². The molecule has 0 saturated heterocycles. The van der Waals surface area contributed by atoms with Crippen LogP contribution in [0.3, 0.4) is 0 Å². The SMILES string of the molecule is COc1cc(Br)c(CC(C)(C)CCc2ccc(OC(C)C)cc2)cc1OC(C)C. The Bertz CT molecular complexity index is 779. The molecule has 0 N–H and O–H groups in total. The second kappa shape index (κ2) is 10.4. The Morgan fingerprint density at radius 1 is 0.897 bits per heavy atom. The first-order valence-corrected chi connectivity index (χ1v) is 11.2. The number of aryl methyl sites for hydroxylation is 1. The van der Waals surface area contributed by atoms with Crippen LogP contribution < -0.4 is 14.2 Å². The molecule has 0 aromatic heterocycles. The third-order valence-electron chi connectivity index (χ3n) is 4.75. The number of benzene rings is 2. The van der Waals surface area contributed by atoms with Crippen molar-refractivity contribution in [1.29, 1.82) is 0 Å². The zero-order chi connectivity index (χ0) is 21.6. The molecule has 0 amide bonds. The highest BCUT2D eigenvalue weighted by Crippen LogP contribution is 2.38. The molecular formula is C25H35BrO3. The van der Waals surface area contributed by atoms with Gasteiger partial charge in [0, 0.05) is 4.47 Å². The molecule has 0 atom stereocenters. The first-order chi connectivity index (χ1) is 13.6. The van der Waals surface area contributed by atoms with Gasteiger partial charge in [-0.3, -0.25) is 0 Å². The van der Waals surface area contributed by atoms with Crippen molar-refractivity contribution < 1.29 is 14.2 Å². The minimum Gasteiger partial charge on any atom is -0.493 e. The molecule has 4 heteroatoms. The molecule has 0 heterocycles. The maximum absolute atomic E-state index is 5.96. The van der Waals surface area contributed by atoms with Crippen molar-refractivity contribution in [2.45, 2.75) is 73.0 Å². The molecule has 0 radical (unpaired) electrons. The summed E-state index contributed by atoms with van der Waals surface area (Å²) < 4.78 is 18.2. The van der Waals surface area contributed by atoms with Crippen LogP contribution in [-0.4, -0.2) is 19.3 Å². The van der Waals surface area contributed by atoms with Crippen LogP contribution in [0.4, 0.5) is 0 Å². The van der Waals surface area contributed by atoms with E-state index in [1.54, 1.807) is 7.11 Å². The van der Waals surface area contributed by atoms with E-state index in [9.17, 15) is 0 Å². The van der Waals surface area contributed by atoms with Gasteiger partial charge in [-0.15, -0.1) is 0 Å². The fourth-order valence-corrected chi connectivity index (χ4v) is 3.77. The lowest BCUT2D eigenvalue weighted by atomic mass is 9.80. The highest BCUT2D eigenvalue weighted by atomic mass is 79.9. The fraction of sp³-hybridized carbons (Fsp3) is 0.520. The molecule has 29 heavy (non-hydrogen) atoms. The molecule has 0 aliphatic rings. The van der Waals surface area contributed by atoms with Gasteiger partial charge in [0.25, 0.3) is 0 Å². The van der Waals surface area contributed by atoms with Gasteiger partial charge in [0.1, 0.15) is 5.75 Å². The molecule has 160 valence electrons. The van der Waals surface area contributed by atoms with E-state index in [4.69, 9.17) is 14.2 Å². The quantitative estimate of drug-likeness (QED) is 0.372. The Morgan fingerprint density at radius 2 is 1.52 bits per heavy atom. The molecule has 0 aliphatic heterocycles. The topological polar surface area (TPSA) is 27.7 Å². The van der Waals surface area contributed by atoms with Crippen LogP contribution in [0.2, 0.25) is 0 Å². The van der Waals surface area contributed by atoms with Crippen LogP contribution >= 0.6 is 15.9 Å². The number of rotatable bonds is 10. The summed E-state index contributed by atoms with van der Waals surface area (Å²) in [6, 6.07) is 12.6. The molecule has 0 bridgehead atoms. The Hall–Kier alpha value is -1.68. The fourth-order valence-electron chi connectivity index (χ4n) is 3.31. The van der Waals surface area contributed by atoms with Crippen molar-refractivity contribution in [3.05, 3.63) is 52.0 Å².